The first-order valence-corrected chi connectivity index (χ1v) is 12.8. The number of rotatable bonds is 8. The standard InChI is InChI=1S/C25H32F5N3O2.O2S/c1-15-5-7-17(8-6-15)13-31-22(34)19-14-33(16(2)32-19)20-10-9-18(11-21(20)35-23(26)27)12-24(3,4)25(28,29)30;1-3-2/h9-11,14-15,17,23H,5-8,12-13H2,1-4H3,(H,31,34);. The molecule has 0 atom stereocenters. The summed E-state index contributed by atoms with van der Waals surface area (Å²) in [7, 11) is 0. The molecule has 2 aromatic rings. The van der Waals surface area contributed by atoms with Crippen LogP contribution in [0.1, 0.15) is 68.3 Å². The van der Waals surface area contributed by atoms with Crippen LogP contribution < -0.4 is 10.1 Å². The number of aryl methyl sites for hydroxylation is 1. The van der Waals surface area contributed by atoms with Crippen LogP contribution in [0.25, 0.3) is 5.69 Å². The predicted molar refractivity (Wildman–Crippen MR) is 131 cm³/mol. The normalized spacial score (nSPS) is 17.9. The number of hydrogen-bond acceptors (Lipinski definition) is 5. The zero-order chi connectivity index (χ0) is 28.7. The Morgan fingerprint density at radius 2 is 1.79 bits per heavy atom. The topological polar surface area (TPSA) is 90.3 Å². The number of ether oxygens (including phenoxy) is 1. The molecule has 1 saturated carbocycles. The van der Waals surface area contributed by atoms with Crippen molar-refractivity contribution in [3.63, 3.8) is 0 Å². The molecular formula is C25H32F5N3O4S. The van der Waals surface area contributed by atoms with E-state index in [1.165, 1.54) is 29.0 Å². The highest BCUT2D eigenvalue weighted by Crippen LogP contribution is 2.41. The average Bonchev–Trinajstić information content (AvgIpc) is 3.19. The second kappa shape index (κ2) is 13.3. The molecule has 0 unspecified atom stereocenters. The van der Waals surface area contributed by atoms with Crippen LogP contribution in [0.4, 0.5) is 22.0 Å². The monoisotopic (exact) mass is 565 g/mol. The van der Waals surface area contributed by atoms with E-state index < -0.39 is 36.2 Å². The van der Waals surface area contributed by atoms with Crippen molar-refractivity contribution in [3.05, 3.63) is 41.5 Å². The Morgan fingerprint density at radius 3 is 2.34 bits per heavy atom. The molecule has 0 radical (unpaired) electrons. The van der Waals surface area contributed by atoms with Gasteiger partial charge in [-0.2, -0.15) is 30.4 Å². The lowest BCUT2D eigenvalue weighted by molar-refractivity contribution is -0.211. The number of aromatic nitrogens is 2. The van der Waals surface area contributed by atoms with E-state index >= 15 is 0 Å². The zero-order valence-electron chi connectivity index (χ0n) is 21.6. The summed E-state index contributed by atoms with van der Waals surface area (Å²) in [4.78, 5) is 16.9. The number of halogens is 5. The van der Waals surface area contributed by atoms with E-state index in [9.17, 15) is 26.7 Å². The number of carbonyl (C=O) groups excluding carboxylic acids is 1. The van der Waals surface area contributed by atoms with Gasteiger partial charge in [0.1, 0.15) is 17.3 Å². The van der Waals surface area contributed by atoms with Gasteiger partial charge in [0.15, 0.2) is 0 Å². The third-order valence-electron chi connectivity index (χ3n) is 6.71. The lowest BCUT2D eigenvalue weighted by Crippen LogP contribution is -2.34. The second-order valence-electron chi connectivity index (χ2n) is 10.2. The fourth-order valence-corrected chi connectivity index (χ4v) is 4.36. The molecule has 0 aliphatic heterocycles. The number of hydrogen-bond donors (Lipinski definition) is 1. The number of benzene rings is 1. The molecule has 1 aliphatic rings. The molecule has 3 rings (SSSR count). The summed E-state index contributed by atoms with van der Waals surface area (Å²) >= 11 is -0.750. The third-order valence-corrected chi connectivity index (χ3v) is 6.71. The van der Waals surface area contributed by atoms with E-state index in [0.29, 0.717) is 24.2 Å². The number of nitrogens with zero attached hydrogens (tertiary/aromatic N) is 2. The second-order valence-corrected chi connectivity index (χ2v) is 10.3. The van der Waals surface area contributed by atoms with Gasteiger partial charge in [0, 0.05) is 12.7 Å². The van der Waals surface area contributed by atoms with Crippen molar-refractivity contribution in [2.45, 2.75) is 72.6 Å². The fraction of sp³-hybridized carbons (Fsp3) is 0.600. The minimum absolute atomic E-state index is 0.122. The van der Waals surface area contributed by atoms with Gasteiger partial charge < -0.3 is 10.1 Å². The van der Waals surface area contributed by atoms with Crippen LogP contribution in [0.3, 0.4) is 0 Å². The summed E-state index contributed by atoms with van der Waals surface area (Å²) in [6.07, 6.45) is 0.929. The molecule has 1 heterocycles. The Bertz CT molecular complexity index is 1120. The van der Waals surface area contributed by atoms with Crippen LogP contribution in [0.2, 0.25) is 0 Å². The number of amides is 1. The van der Waals surface area contributed by atoms with E-state index in [-0.39, 0.29) is 28.6 Å². The van der Waals surface area contributed by atoms with Crippen molar-refractivity contribution in [2.75, 3.05) is 6.54 Å². The maximum Gasteiger partial charge on any atom is 0.394 e. The minimum atomic E-state index is -4.46. The molecule has 0 spiro atoms. The van der Waals surface area contributed by atoms with Crippen molar-refractivity contribution in [1.29, 1.82) is 0 Å². The van der Waals surface area contributed by atoms with Crippen molar-refractivity contribution in [3.8, 4) is 11.4 Å². The molecule has 0 bridgehead atoms. The number of carbonyl (C=O) groups is 1. The SMILES string of the molecule is Cc1nc(C(=O)NCC2CCC(C)CC2)cn1-c1ccc(CC(C)(C)C(F)(F)F)cc1OC(F)F.O=S=O. The zero-order valence-corrected chi connectivity index (χ0v) is 22.4. The van der Waals surface area contributed by atoms with Crippen molar-refractivity contribution >= 4 is 17.5 Å². The van der Waals surface area contributed by atoms with E-state index in [0.717, 1.165) is 39.5 Å². The Hall–Kier alpha value is -2.83. The molecule has 1 amide bonds. The predicted octanol–water partition coefficient (Wildman–Crippen LogP) is 5.80. The van der Waals surface area contributed by atoms with Crippen LogP contribution in [0.15, 0.2) is 24.4 Å². The summed E-state index contributed by atoms with van der Waals surface area (Å²) in [6, 6.07) is 4.02. The largest absolute Gasteiger partial charge is 0.433 e. The third kappa shape index (κ3) is 8.60. The summed E-state index contributed by atoms with van der Waals surface area (Å²) in [5.74, 6) is 0.808. The van der Waals surface area contributed by atoms with Gasteiger partial charge in [-0.05, 0) is 55.7 Å². The number of nitrogens with one attached hydrogen (secondary N) is 1. The smallest absolute Gasteiger partial charge is 0.394 e. The van der Waals surface area contributed by atoms with Gasteiger partial charge >= 0.3 is 24.4 Å². The van der Waals surface area contributed by atoms with Crippen LogP contribution in [-0.4, -0.2) is 43.2 Å². The molecule has 1 N–H and O–H groups in total. The van der Waals surface area contributed by atoms with Crippen molar-refractivity contribution in [2.24, 2.45) is 17.3 Å². The summed E-state index contributed by atoms with van der Waals surface area (Å²) in [5, 5.41) is 2.90. The highest BCUT2D eigenvalue weighted by molar-refractivity contribution is 7.51. The van der Waals surface area contributed by atoms with Crippen LogP contribution >= 0.6 is 0 Å². The van der Waals surface area contributed by atoms with E-state index in [4.69, 9.17) is 8.42 Å². The summed E-state index contributed by atoms with van der Waals surface area (Å²) < 4.78 is 88.8. The van der Waals surface area contributed by atoms with Crippen LogP contribution in [-0.2, 0) is 18.0 Å². The van der Waals surface area contributed by atoms with Gasteiger partial charge in [-0.3, -0.25) is 9.36 Å². The minimum Gasteiger partial charge on any atom is -0.433 e. The number of imidazole rings is 1. The summed E-state index contributed by atoms with van der Waals surface area (Å²) in [6.45, 7) is 3.29. The van der Waals surface area contributed by atoms with E-state index in [2.05, 4.69) is 22.0 Å². The first-order chi connectivity index (χ1) is 17.7. The maximum atomic E-state index is 13.3. The lowest BCUT2D eigenvalue weighted by atomic mass is 9.83. The first kappa shape index (κ1) is 31.4. The van der Waals surface area contributed by atoms with Gasteiger partial charge in [-0.15, -0.1) is 0 Å². The van der Waals surface area contributed by atoms with Gasteiger partial charge in [0.25, 0.3) is 5.91 Å². The maximum absolute atomic E-state index is 13.3. The average molecular weight is 566 g/mol. The van der Waals surface area contributed by atoms with Gasteiger partial charge in [0.2, 0.25) is 0 Å². The van der Waals surface area contributed by atoms with Crippen LogP contribution in [0.5, 0.6) is 5.75 Å². The van der Waals surface area contributed by atoms with Crippen LogP contribution in [0, 0.1) is 24.2 Å². The highest BCUT2D eigenvalue weighted by atomic mass is 32.1. The quantitative estimate of drug-likeness (QED) is 0.409. The molecule has 1 aliphatic carbocycles. The highest BCUT2D eigenvalue weighted by Gasteiger charge is 2.47. The molecular weight excluding hydrogens is 533 g/mol. The summed E-state index contributed by atoms with van der Waals surface area (Å²) in [5.41, 5.74) is -1.58. The number of alkyl halides is 5. The van der Waals surface area contributed by atoms with Gasteiger partial charge in [0.05, 0.1) is 11.1 Å². The Morgan fingerprint density at radius 1 is 1.18 bits per heavy atom. The fourth-order valence-electron chi connectivity index (χ4n) is 4.36. The molecule has 13 heteroatoms. The van der Waals surface area contributed by atoms with E-state index in [1.54, 1.807) is 6.92 Å². The van der Waals surface area contributed by atoms with E-state index in [1.807, 2.05) is 0 Å². The molecule has 0 saturated heterocycles. The molecule has 38 heavy (non-hydrogen) atoms. The van der Waals surface area contributed by atoms with Gasteiger partial charge in [-0.25, -0.2) is 4.98 Å². The molecule has 1 fully saturated rings. The molecule has 7 nitrogen and oxygen atoms in total. The Balaban J connectivity index is 0.00000161. The Kier molecular flexibility index (Phi) is 11.0. The van der Waals surface area contributed by atoms with Gasteiger partial charge in [-0.1, -0.05) is 39.7 Å². The molecule has 1 aromatic carbocycles. The molecule has 1 aromatic heterocycles. The molecule has 212 valence electrons. The lowest BCUT2D eigenvalue weighted by Gasteiger charge is -2.28. The van der Waals surface area contributed by atoms with Crippen molar-refractivity contribution < 1.29 is 39.9 Å². The Labute approximate surface area is 221 Å². The first-order valence-electron chi connectivity index (χ1n) is 12.1. The van der Waals surface area contributed by atoms with Crippen molar-refractivity contribution in [1.82, 2.24) is 14.9 Å².